The predicted octanol–water partition coefficient (Wildman–Crippen LogP) is 3.79. The Hall–Kier alpha value is 0.0700. The van der Waals surface area contributed by atoms with Crippen LogP contribution < -0.4 is 0 Å². The molecule has 0 spiro atoms. The van der Waals surface area contributed by atoms with E-state index in [2.05, 4.69) is 22.6 Å². The van der Waals surface area contributed by atoms with Crippen molar-refractivity contribution in [1.82, 2.24) is 0 Å². The zero-order chi connectivity index (χ0) is 18.0. The zero-order valence-electron chi connectivity index (χ0n) is 13.9. The van der Waals surface area contributed by atoms with Crippen LogP contribution in [0, 0.1) is 11.8 Å². The van der Waals surface area contributed by atoms with Crippen molar-refractivity contribution in [3.8, 4) is 0 Å². The summed E-state index contributed by atoms with van der Waals surface area (Å²) in [5.41, 5.74) is 0. The minimum Gasteiger partial charge on any atom is -0.481 e. The third kappa shape index (κ3) is 6.83. The molecule has 0 heterocycles. The second kappa shape index (κ2) is 7.97. The molecule has 1 rings (SSSR count). The molecule has 0 aromatic heterocycles. The normalized spacial score (nSPS) is 25.7. The number of halogens is 2. The highest BCUT2D eigenvalue weighted by Crippen LogP contribution is 2.36. The monoisotopic (exact) mass is 550 g/mol. The van der Waals surface area contributed by atoms with Gasteiger partial charge in [0, 0.05) is 6.42 Å². The van der Waals surface area contributed by atoms with Crippen molar-refractivity contribution in [1.29, 1.82) is 0 Å². The van der Waals surface area contributed by atoms with Crippen molar-refractivity contribution in [2.45, 2.75) is 66.3 Å². The van der Waals surface area contributed by atoms with Gasteiger partial charge in [-0.2, -0.15) is 0 Å². The molecule has 3 unspecified atom stereocenters. The van der Waals surface area contributed by atoms with Crippen LogP contribution >= 0.6 is 45.2 Å². The van der Waals surface area contributed by atoms with Gasteiger partial charge in [-0.25, -0.2) is 0 Å². The first kappa shape index (κ1) is 21.1. The van der Waals surface area contributed by atoms with Crippen molar-refractivity contribution in [2.24, 2.45) is 11.8 Å². The minimum absolute atomic E-state index is 0.0542. The van der Waals surface area contributed by atoms with Crippen LogP contribution in [0.15, 0.2) is 0 Å². The summed E-state index contributed by atoms with van der Waals surface area (Å²) in [4.78, 5) is 35.7. The standard InChI is InChI=1S/C16H24I2O5/c1-15(2,17)12(19)7-9-5-10(13(20)21)8-11(6-9)23-14(22)16(3,4)18/h9-11H,5-8H2,1-4H3,(H,20,21). The first-order valence-corrected chi connectivity index (χ1v) is 9.81. The van der Waals surface area contributed by atoms with Crippen LogP contribution in [0.3, 0.4) is 0 Å². The molecule has 5 nitrogen and oxygen atoms in total. The molecule has 1 fully saturated rings. The minimum atomic E-state index is -0.884. The van der Waals surface area contributed by atoms with Crippen LogP contribution in [0.2, 0.25) is 0 Å². The number of carbonyl (C=O) groups is 3. The average Bonchev–Trinajstić information content (AvgIpc) is 2.35. The van der Waals surface area contributed by atoms with E-state index in [0.717, 1.165) is 0 Å². The third-order valence-electron chi connectivity index (χ3n) is 4.01. The summed E-state index contributed by atoms with van der Waals surface area (Å²) >= 11 is 4.11. The van der Waals surface area contributed by atoms with E-state index in [1.54, 1.807) is 13.8 Å². The SMILES string of the molecule is CC(C)(I)C(=O)CC1CC(OC(=O)C(C)(C)I)CC(C(=O)O)C1. The molecule has 0 radical (unpaired) electrons. The van der Waals surface area contributed by atoms with Crippen LogP contribution in [0.25, 0.3) is 0 Å². The molecule has 1 aliphatic rings. The van der Waals surface area contributed by atoms with E-state index >= 15 is 0 Å². The van der Waals surface area contributed by atoms with Crippen LogP contribution in [0.4, 0.5) is 0 Å². The molecule has 3 atom stereocenters. The molecule has 1 saturated carbocycles. The molecule has 0 amide bonds. The Balaban J connectivity index is 2.79. The Morgan fingerprint density at radius 3 is 2.04 bits per heavy atom. The maximum absolute atomic E-state index is 12.2. The summed E-state index contributed by atoms with van der Waals surface area (Å²) in [5.74, 6) is -1.73. The lowest BCUT2D eigenvalue weighted by molar-refractivity contribution is -0.158. The number of carboxylic acid groups (broad SMARTS) is 1. The summed E-state index contributed by atoms with van der Waals surface area (Å²) in [6.45, 7) is 7.22. The summed E-state index contributed by atoms with van der Waals surface area (Å²) < 4.78 is 4.39. The van der Waals surface area contributed by atoms with Gasteiger partial charge in [-0.05, 0) is 52.9 Å². The lowest BCUT2D eigenvalue weighted by Gasteiger charge is -2.34. The first-order valence-electron chi connectivity index (χ1n) is 7.65. The molecular formula is C16H24I2O5. The van der Waals surface area contributed by atoms with Gasteiger partial charge in [0.25, 0.3) is 0 Å². The number of ketones is 1. The maximum atomic E-state index is 12.2. The number of hydrogen-bond donors (Lipinski definition) is 1. The van der Waals surface area contributed by atoms with Crippen molar-refractivity contribution in [2.75, 3.05) is 0 Å². The first-order chi connectivity index (χ1) is 10.3. The van der Waals surface area contributed by atoms with Gasteiger partial charge in [0.15, 0.2) is 0 Å². The molecule has 1 N–H and O–H groups in total. The number of aliphatic carboxylic acids is 1. The highest BCUT2D eigenvalue weighted by Gasteiger charge is 2.38. The number of hydrogen-bond acceptors (Lipinski definition) is 4. The molecular weight excluding hydrogens is 526 g/mol. The van der Waals surface area contributed by atoms with Gasteiger partial charge in [-0.3, -0.25) is 14.4 Å². The fraction of sp³-hybridized carbons (Fsp3) is 0.812. The predicted molar refractivity (Wildman–Crippen MR) is 104 cm³/mol. The van der Waals surface area contributed by atoms with Gasteiger partial charge < -0.3 is 9.84 Å². The van der Waals surface area contributed by atoms with Crippen LogP contribution in [-0.2, 0) is 19.1 Å². The summed E-state index contributed by atoms with van der Waals surface area (Å²) in [5, 5.41) is 9.33. The van der Waals surface area contributed by atoms with Crippen molar-refractivity contribution >= 4 is 62.9 Å². The number of carbonyl (C=O) groups excluding carboxylic acids is 2. The third-order valence-corrected chi connectivity index (χ3v) is 5.05. The molecule has 1 aliphatic carbocycles. The quantitative estimate of drug-likeness (QED) is 0.310. The van der Waals surface area contributed by atoms with Gasteiger partial charge >= 0.3 is 11.9 Å². The Morgan fingerprint density at radius 1 is 1.04 bits per heavy atom. The van der Waals surface area contributed by atoms with Crippen LogP contribution in [0.1, 0.15) is 53.4 Å². The summed E-state index contributed by atoms with van der Waals surface area (Å²) in [6.07, 6.45) is 1.26. The second-order valence-electron chi connectivity index (χ2n) is 7.21. The van der Waals surface area contributed by atoms with Crippen molar-refractivity contribution < 1.29 is 24.2 Å². The highest BCUT2D eigenvalue weighted by atomic mass is 127. The van der Waals surface area contributed by atoms with Crippen LogP contribution in [-0.4, -0.2) is 35.8 Å². The van der Waals surface area contributed by atoms with E-state index in [1.165, 1.54) is 0 Å². The Bertz CT molecular complexity index is 440. The molecule has 0 saturated heterocycles. The van der Waals surface area contributed by atoms with Gasteiger partial charge in [-0.1, -0.05) is 45.2 Å². The highest BCUT2D eigenvalue weighted by molar-refractivity contribution is 14.1. The Morgan fingerprint density at radius 2 is 1.61 bits per heavy atom. The number of rotatable bonds is 6. The van der Waals surface area contributed by atoms with E-state index < -0.39 is 24.8 Å². The van der Waals surface area contributed by atoms with E-state index in [9.17, 15) is 19.5 Å². The molecule has 7 heteroatoms. The maximum Gasteiger partial charge on any atom is 0.321 e. The number of ether oxygens (including phenoxy) is 1. The molecule has 0 bridgehead atoms. The van der Waals surface area contributed by atoms with Gasteiger partial charge in [0.05, 0.1) is 9.34 Å². The van der Waals surface area contributed by atoms with Crippen molar-refractivity contribution in [3.63, 3.8) is 0 Å². The smallest absolute Gasteiger partial charge is 0.321 e. The Labute approximate surface area is 164 Å². The van der Waals surface area contributed by atoms with Gasteiger partial charge in [0.1, 0.15) is 15.3 Å². The molecule has 0 aromatic carbocycles. The molecule has 0 aromatic rings. The topological polar surface area (TPSA) is 80.7 Å². The zero-order valence-corrected chi connectivity index (χ0v) is 18.2. The molecule has 23 heavy (non-hydrogen) atoms. The second-order valence-corrected chi connectivity index (χ2v) is 12.6. The van der Waals surface area contributed by atoms with E-state index in [-0.39, 0.29) is 17.7 Å². The molecule has 132 valence electrons. The van der Waals surface area contributed by atoms with Gasteiger partial charge in [0.2, 0.25) is 0 Å². The van der Waals surface area contributed by atoms with E-state index in [1.807, 2.05) is 36.4 Å². The summed E-state index contributed by atoms with van der Waals surface area (Å²) in [6, 6.07) is 0. The van der Waals surface area contributed by atoms with Crippen LogP contribution in [0.5, 0.6) is 0 Å². The average molecular weight is 550 g/mol. The van der Waals surface area contributed by atoms with Crippen molar-refractivity contribution in [3.05, 3.63) is 0 Å². The lowest BCUT2D eigenvalue weighted by atomic mass is 9.76. The number of Topliss-reactive ketones (excluding diaryl/α,β-unsaturated/α-hetero) is 1. The number of alkyl halides is 2. The fourth-order valence-electron chi connectivity index (χ4n) is 2.64. The number of carboxylic acids is 1. The van der Waals surface area contributed by atoms with E-state index in [4.69, 9.17) is 4.74 Å². The largest absolute Gasteiger partial charge is 0.481 e. The number of esters is 1. The van der Waals surface area contributed by atoms with Gasteiger partial charge in [-0.15, -0.1) is 0 Å². The summed E-state index contributed by atoms with van der Waals surface area (Å²) in [7, 11) is 0. The van der Waals surface area contributed by atoms with E-state index in [0.29, 0.717) is 25.7 Å². The Kier molecular flexibility index (Phi) is 7.31. The fourth-order valence-corrected chi connectivity index (χ4v) is 2.99. The lowest BCUT2D eigenvalue weighted by Crippen LogP contribution is -2.39. The molecule has 0 aliphatic heterocycles.